The maximum atomic E-state index is 13.3. The van der Waals surface area contributed by atoms with Gasteiger partial charge < -0.3 is 10.1 Å². The lowest BCUT2D eigenvalue weighted by atomic mass is 10.2. The Bertz CT molecular complexity index is 1070. The molecule has 0 aliphatic rings. The number of aromatic nitrogens is 2. The first-order valence-corrected chi connectivity index (χ1v) is 8.26. The van der Waals surface area contributed by atoms with Crippen molar-refractivity contribution in [2.45, 2.75) is 0 Å². The van der Waals surface area contributed by atoms with E-state index in [1.807, 2.05) is 48.5 Å². The van der Waals surface area contributed by atoms with Crippen LogP contribution in [0, 0.1) is 5.82 Å². The highest BCUT2D eigenvalue weighted by atomic mass is 35.5. The van der Waals surface area contributed by atoms with E-state index >= 15 is 0 Å². The maximum absolute atomic E-state index is 13.3. The fourth-order valence-electron chi connectivity index (χ4n) is 2.53. The molecule has 0 radical (unpaired) electrons. The molecule has 1 N–H and O–H groups in total. The standard InChI is InChI=1S/C20H13ClFN3O/c21-17-10-13(6-8-18(17)22)25-20-16-11-15(7-9-19(16)23-12-24-20)26-14-4-2-1-3-5-14/h1-12H,(H,23,24,25). The molecule has 1 aromatic heterocycles. The van der Waals surface area contributed by atoms with Crippen molar-refractivity contribution in [3.05, 3.63) is 83.9 Å². The minimum atomic E-state index is -0.469. The molecule has 128 valence electrons. The molecule has 0 spiro atoms. The maximum Gasteiger partial charge on any atom is 0.141 e. The van der Waals surface area contributed by atoms with E-state index in [2.05, 4.69) is 15.3 Å². The molecule has 4 nitrogen and oxygen atoms in total. The van der Waals surface area contributed by atoms with Crippen LogP contribution >= 0.6 is 11.6 Å². The third kappa shape index (κ3) is 3.43. The summed E-state index contributed by atoms with van der Waals surface area (Å²) in [6.07, 6.45) is 1.47. The summed E-state index contributed by atoms with van der Waals surface area (Å²) >= 11 is 5.85. The third-order valence-corrected chi connectivity index (χ3v) is 4.06. The number of para-hydroxylation sites is 1. The number of halogens is 2. The Morgan fingerprint density at radius 1 is 0.885 bits per heavy atom. The largest absolute Gasteiger partial charge is 0.457 e. The van der Waals surface area contributed by atoms with Crippen LogP contribution in [0.4, 0.5) is 15.9 Å². The molecule has 0 aliphatic carbocycles. The Balaban J connectivity index is 1.70. The van der Waals surface area contributed by atoms with Crippen LogP contribution in [0.5, 0.6) is 11.5 Å². The average molecular weight is 366 g/mol. The number of anilines is 2. The van der Waals surface area contributed by atoms with Gasteiger partial charge in [0, 0.05) is 11.1 Å². The molecule has 4 aromatic rings. The Kier molecular flexibility index (Phi) is 4.37. The molecule has 0 atom stereocenters. The molecule has 1 heterocycles. The highest BCUT2D eigenvalue weighted by Gasteiger charge is 2.08. The third-order valence-electron chi connectivity index (χ3n) is 3.77. The first-order chi connectivity index (χ1) is 12.7. The van der Waals surface area contributed by atoms with E-state index in [0.717, 1.165) is 16.7 Å². The number of fused-ring (bicyclic) bond motifs is 1. The van der Waals surface area contributed by atoms with Gasteiger partial charge >= 0.3 is 0 Å². The second-order valence-electron chi connectivity index (χ2n) is 5.57. The van der Waals surface area contributed by atoms with Gasteiger partial charge in [-0.1, -0.05) is 29.8 Å². The van der Waals surface area contributed by atoms with Crippen LogP contribution < -0.4 is 10.1 Å². The minimum absolute atomic E-state index is 0.0430. The molecule has 0 unspecified atom stereocenters. The molecule has 4 rings (SSSR count). The number of hydrogen-bond donors (Lipinski definition) is 1. The summed E-state index contributed by atoms with van der Waals surface area (Å²) < 4.78 is 19.2. The van der Waals surface area contributed by atoms with E-state index in [4.69, 9.17) is 16.3 Å². The number of nitrogens with zero attached hydrogens (tertiary/aromatic N) is 2. The van der Waals surface area contributed by atoms with Crippen LogP contribution in [0.25, 0.3) is 10.9 Å². The number of hydrogen-bond acceptors (Lipinski definition) is 4. The molecule has 3 aromatic carbocycles. The lowest BCUT2D eigenvalue weighted by molar-refractivity contribution is 0.483. The fourth-order valence-corrected chi connectivity index (χ4v) is 2.71. The Hall–Kier alpha value is -3.18. The summed E-state index contributed by atoms with van der Waals surface area (Å²) in [6, 6.07) is 19.5. The van der Waals surface area contributed by atoms with Gasteiger partial charge in [-0.3, -0.25) is 0 Å². The Morgan fingerprint density at radius 2 is 1.73 bits per heavy atom. The van der Waals surface area contributed by atoms with E-state index in [1.54, 1.807) is 6.07 Å². The lowest BCUT2D eigenvalue weighted by Gasteiger charge is -2.11. The summed E-state index contributed by atoms with van der Waals surface area (Å²) in [5.74, 6) is 1.52. The average Bonchev–Trinajstić information content (AvgIpc) is 2.66. The van der Waals surface area contributed by atoms with E-state index in [-0.39, 0.29) is 5.02 Å². The molecule has 0 saturated carbocycles. The fraction of sp³-hybridized carbons (Fsp3) is 0. The number of nitrogens with one attached hydrogen (secondary N) is 1. The second-order valence-corrected chi connectivity index (χ2v) is 5.98. The summed E-state index contributed by atoms with van der Waals surface area (Å²) in [7, 11) is 0. The van der Waals surface area contributed by atoms with E-state index in [1.165, 1.54) is 18.5 Å². The van der Waals surface area contributed by atoms with Gasteiger partial charge in [-0.05, 0) is 48.5 Å². The number of benzene rings is 3. The first-order valence-electron chi connectivity index (χ1n) is 7.89. The highest BCUT2D eigenvalue weighted by Crippen LogP contribution is 2.30. The van der Waals surface area contributed by atoms with E-state index in [0.29, 0.717) is 17.3 Å². The summed E-state index contributed by atoms with van der Waals surface area (Å²) in [6.45, 7) is 0. The van der Waals surface area contributed by atoms with Gasteiger partial charge in [-0.2, -0.15) is 0 Å². The van der Waals surface area contributed by atoms with E-state index < -0.39 is 5.82 Å². The quantitative estimate of drug-likeness (QED) is 0.485. The van der Waals surface area contributed by atoms with Gasteiger partial charge in [0.15, 0.2) is 0 Å². The minimum Gasteiger partial charge on any atom is -0.457 e. The predicted molar refractivity (Wildman–Crippen MR) is 101 cm³/mol. The SMILES string of the molecule is Fc1ccc(Nc2ncnc3ccc(Oc4ccccc4)cc23)cc1Cl. The molecule has 6 heteroatoms. The molecule has 0 amide bonds. The number of rotatable bonds is 4. The molecule has 26 heavy (non-hydrogen) atoms. The lowest BCUT2D eigenvalue weighted by Crippen LogP contribution is -1.97. The van der Waals surface area contributed by atoms with Crippen LogP contribution in [0.3, 0.4) is 0 Å². The molecule has 0 saturated heterocycles. The van der Waals surface area contributed by atoms with Crippen molar-refractivity contribution in [1.82, 2.24) is 9.97 Å². The monoisotopic (exact) mass is 365 g/mol. The van der Waals surface area contributed by atoms with Crippen molar-refractivity contribution < 1.29 is 9.13 Å². The van der Waals surface area contributed by atoms with Crippen LogP contribution in [-0.2, 0) is 0 Å². The van der Waals surface area contributed by atoms with Crippen molar-refractivity contribution in [3.8, 4) is 11.5 Å². The van der Waals surface area contributed by atoms with Crippen molar-refractivity contribution >= 4 is 34.0 Å². The van der Waals surface area contributed by atoms with Gasteiger partial charge in [-0.25, -0.2) is 14.4 Å². The van der Waals surface area contributed by atoms with Crippen LogP contribution in [0.2, 0.25) is 5.02 Å². The zero-order valence-electron chi connectivity index (χ0n) is 13.5. The zero-order chi connectivity index (χ0) is 17.9. The summed E-state index contributed by atoms with van der Waals surface area (Å²) in [5, 5.41) is 3.97. The van der Waals surface area contributed by atoms with Crippen LogP contribution in [0.1, 0.15) is 0 Å². The van der Waals surface area contributed by atoms with Gasteiger partial charge in [0.25, 0.3) is 0 Å². The smallest absolute Gasteiger partial charge is 0.141 e. The molecule has 0 fully saturated rings. The van der Waals surface area contributed by atoms with Crippen molar-refractivity contribution in [1.29, 1.82) is 0 Å². The van der Waals surface area contributed by atoms with Gasteiger partial charge in [0.05, 0.1) is 10.5 Å². The van der Waals surface area contributed by atoms with Crippen LogP contribution in [-0.4, -0.2) is 9.97 Å². The Labute approximate surface area is 154 Å². The first kappa shape index (κ1) is 16.3. The van der Waals surface area contributed by atoms with Crippen molar-refractivity contribution in [3.63, 3.8) is 0 Å². The number of ether oxygens (including phenoxy) is 1. The van der Waals surface area contributed by atoms with Gasteiger partial charge in [-0.15, -0.1) is 0 Å². The summed E-state index contributed by atoms with van der Waals surface area (Å²) in [4.78, 5) is 8.56. The van der Waals surface area contributed by atoms with Gasteiger partial charge in [0.1, 0.15) is 29.5 Å². The van der Waals surface area contributed by atoms with Crippen molar-refractivity contribution in [2.75, 3.05) is 5.32 Å². The second kappa shape index (κ2) is 6.98. The predicted octanol–water partition coefficient (Wildman–Crippen LogP) is 5.96. The topological polar surface area (TPSA) is 47.0 Å². The molecule has 0 bridgehead atoms. The molecular formula is C20H13ClFN3O. The van der Waals surface area contributed by atoms with Gasteiger partial charge in [0.2, 0.25) is 0 Å². The summed E-state index contributed by atoms with van der Waals surface area (Å²) in [5.41, 5.74) is 1.39. The zero-order valence-corrected chi connectivity index (χ0v) is 14.2. The molecule has 0 aliphatic heterocycles. The van der Waals surface area contributed by atoms with Crippen LogP contribution in [0.15, 0.2) is 73.1 Å². The highest BCUT2D eigenvalue weighted by molar-refractivity contribution is 6.31. The Morgan fingerprint density at radius 3 is 2.54 bits per heavy atom. The molecular weight excluding hydrogens is 353 g/mol. The van der Waals surface area contributed by atoms with E-state index in [9.17, 15) is 4.39 Å². The normalized spacial score (nSPS) is 10.7. The van der Waals surface area contributed by atoms with Crippen molar-refractivity contribution in [2.24, 2.45) is 0 Å².